The molecule has 0 spiro atoms. The minimum absolute atomic E-state index is 0.712. The molecule has 134 valence electrons. The van der Waals surface area contributed by atoms with E-state index < -0.39 is 0 Å². The van der Waals surface area contributed by atoms with Gasteiger partial charge in [-0.1, -0.05) is 73.9 Å². The third kappa shape index (κ3) is 4.23. The van der Waals surface area contributed by atoms with E-state index >= 15 is 0 Å². The maximum atomic E-state index is 4.56. The summed E-state index contributed by atoms with van der Waals surface area (Å²) in [6.45, 7) is 1.00. The summed E-state index contributed by atoms with van der Waals surface area (Å²) in [5.41, 5.74) is 4.77. The zero-order valence-electron chi connectivity index (χ0n) is 15.2. The van der Waals surface area contributed by atoms with Gasteiger partial charge < -0.3 is 10.3 Å². The molecule has 3 nitrogen and oxygen atoms in total. The first kappa shape index (κ1) is 17.0. The highest BCUT2D eigenvalue weighted by Gasteiger charge is 2.12. The van der Waals surface area contributed by atoms with Gasteiger partial charge in [0.15, 0.2) is 0 Å². The highest BCUT2D eigenvalue weighted by atomic mass is 14.9. The van der Waals surface area contributed by atoms with Crippen LogP contribution in [0.2, 0.25) is 0 Å². The van der Waals surface area contributed by atoms with Gasteiger partial charge >= 0.3 is 0 Å². The van der Waals surface area contributed by atoms with E-state index in [0.29, 0.717) is 6.04 Å². The Kier molecular flexibility index (Phi) is 5.46. The summed E-state index contributed by atoms with van der Waals surface area (Å²) >= 11 is 0. The Morgan fingerprint density at radius 3 is 2.31 bits per heavy atom. The van der Waals surface area contributed by atoms with E-state index in [0.717, 1.165) is 24.5 Å². The molecule has 1 fully saturated rings. The summed E-state index contributed by atoms with van der Waals surface area (Å²) in [5, 5.41) is 3.68. The van der Waals surface area contributed by atoms with Crippen molar-refractivity contribution in [2.45, 2.75) is 44.6 Å². The van der Waals surface area contributed by atoms with Crippen LogP contribution in [-0.2, 0) is 6.42 Å². The minimum atomic E-state index is 0.712. The number of imidazole rings is 1. The van der Waals surface area contributed by atoms with E-state index in [4.69, 9.17) is 0 Å². The van der Waals surface area contributed by atoms with Crippen LogP contribution in [0.1, 0.15) is 37.9 Å². The Hall–Kier alpha value is -2.39. The fraction of sp³-hybridized carbons (Fsp3) is 0.348. The normalized spacial score (nSPS) is 15.2. The molecule has 2 N–H and O–H groups in total. The molecule has 0 aliphatic heterocycles. The summed E-state index contributed by atoms with van der Waals surface area (Å²) < 4.78 is 0. The SMILES string of the molecule is c1ccc(-c2ccc(-c3cnc(CCNC4CCCCC4)[nH]3)cc2)cc1. The molecule has 1 saturated carbocycles. The summed E-state index contributed by atoms with van der Waals surface area (Å²) in [6, 6.07) is 19.9. The fourth-order valence-electron chi connectivity index (χ4n) is 3.81. The van der Waals surface area contributed by atoms with Gasteiger partial charge in [-0.2, -0.15) is 0 Å². The zero-order valence-corrected chi connectivity index (χ0v) is 15.2. The summed E-state index contributed by atoms with van der Waals surface area (Å²) in [7, 11) is 0. The third-order valence-electron chi connectivity index (χ3n) is 5.33. The molecule has 3 heteroatoms. The van der Waals surface area contributed by atoms with E-state index in [2.05, 4.69) is 63.8 Å². The zero-order chi connectivity index (χ0) is 17.6. The van der Waals surface area contributed by atoms with Crippen molar-refractivity contribution >= 4 is 0 Å². The molecule has 1 aliphatic carbocycles. The quantitative estimate of drug-likeness (QED) is 0.644. The van der Waals surface area contributed by atoms with Crippen molar-refractivity contribution < 1.29 is 0 Å². The molecule has 26 heavy (non-hydrogen) atoms. The van der Waals surface area contributed by atoms with E-state index in [1.54, 1.807) is 0 Å². The van der Waals surface area contributed by atoms with Crippen LogP contribution in [0, 0.1) is 0 Å². The van der Waals surface area contributed by atoms with Crippen molar-refractivity contribution in [1.29, 1.82) is 0 Å². The summed E-state index contributed by atoms with van der Waals surface area (Å²) in [5.74, 6) is 1.07. The Bertz CT molecular complexity index is 799. The molecule has 0 bridgehead atoms. The van der Waals surface area contributed by atoms with Crippen LogP contribution < -0.4 is 5.32 Å². The van der Waals surface area contributed by atoms with E-state index in [-0.39, 0.29) is 0 Å². The number of hydrogen-bond acceptors (Lipinski definition) is 2. The molecular weight excluding hydrogens is 318 g/mol. The first-order chi connectivity index (χ1) is 12.9. The second-order valence-electron chi connectivity index (χ2n) is 7.23. The number of aromatic amines is 1. The lowest BCUT2D eigenvalue weighted by atomic mass is 9.95. The lowest BCUT2D eigenvalue weighted by Gasteiger charge is -2.22. The average Bonchev–Trinajstić information content (AvgIpc) is 3.19. The Morgan fingerprint density at radius 1 is 0.846 bits per heavy atom. The van der Waals surface area contributed by atoms with Crippen LogP contribution in [0.5, 0.6) is 0 Å². The highest BCUT2D eigenvalue weighted by molar-refractivity contribution is 5.68. The van der Waals surface area contributed by atoms with Gasteiger partial charge in [-0.3, -0.25) is 0 Å². The molecule has 0 saturated heterocycles. The Balaban J connectivity index is 1.35. The van der Waals surface area contributed by atoms with Crippen LogP contribution >= 0.6 is 0 Å². The molecule has 0 atom stereocenters. The van der Waals surface area contributed by atoms with Gasteiger partial charge in [0.25, 0.3) is 0 Å². The van der Waals surface area contributed by atoms with Crippen LogP contribution in [-0.4, -0.2) is 22.6 Å². The molecule has 3 aromatic rings. The number of aromatic nitrogens is 2. The number of benzene rings is 2. The van der Waals surface area contributed by atoms with Gasteiger partial charge in [0.1, 0.15) is 5.82 Å². The first-order valence-electron chi connectivity index (χ1n) is 9.81. The average molecular weight is 345 g/mol. The number of rotatable bonds is 6. The smallest absolute Gasteiger partial charge is 0.107 e. The van der Waals surface area contributed by atoms with Crippen LogP contribution in [0.3, 0.4) is 0 Å². The van der Waals surface area contributed by atoms with Crippen LogP contribution in [0.4, 0.5) is 0 Å². The first-order valence-corrected chi connectivity index (χ1v) is 9.81. The largest absolute Gasteiger partial charge is 0.342 e. The lowest BCUT2D eigenvalue weighted by Crippen LogP contribution is -2.32. The van der Waals surface area contributed by atoms with Gasteiger partial charge in [0, 0.05) is 19.0 Å². The second kappa shape index (κ2) is 8.33. The number of H-pyrrole nitrogens is 1. The third-order valence-corrected chi connectivity index (χ3v) is 5.33. The van der Waals surface area contributed by atoms with Crippen molar-refractivity contribution in [1.82, 2.24) is 15.3 Å². The summed E-state index contributed by atoms with van der Waals surface area (Å²) in [6.07, 6.45) is 9.73. The van der Waals surface area contributed by atoms with Crippen molar-refractivity contribution in [3.05, 3.63) is 66.6 Å². The number of hydrogen-bond donors (Lipinski definition) is 2. The molecule has 4 rings (SSSR count). The highest BCUT2D eigenvalue weighted by Crippen LogP contribution is 2.24. The molecule has 1 aliphatic rings. The molecule has 1 aromatic heterocycles. The van der Waals surface area contributed by atoms with E-state index in [1.165, 1.54) is 48.8 Å². The Morgan fingerprint density at radius 2 is 1.54 bits per heavy atom. The van der Waals surface area contributed by atoms with Gasteiger partial charge in [0.05, 0.1) is 11.9 Å². The standard InChI is InChI=1S/C23H27N3/c1-3-7-18(8-4-1)19-11-13-20(14-12-19)22-17-25-23(26-22)15-16-24-21-9-5-2-6-10-21/h1,3-4,7-8,11-14,17,21,24H,2,5-6,9-10,15-16H2,(H,25,26). The van der Waals surface area contributed by atoms with Crippen LogP contribution in [0.25, 0.3) is 22.4 Å². The van der Waals surface area contributed by atoms with E-state index in [9.17, 15) is 0 Å². The van der Waals surface area contributed by atoms with Crippen molar-refractivity contribution in [3.63, 3.8) is 0 Å². The second-order valence-corrected chi connectivity index (χ2v) is 7.23. The van der Waals surface area contributed by atoms with Crippen molar-refractivity contribution in [2.75, 3.05) is 6.54 Å². The molecular formula is C23H27N3. The van der Waals surface area contributed by atoms with Gasteiger partial charge in [-0.15, -0.1) is 0 Å². The van der Waals surface area contributed by atoms with Crippen molar-refractivity contribution in [2.24, 2.45) is 0 Å². The van der Waals surface area contributed by atoms with Crippen molar-refractivity contribution in [3.8, 4) is 22.4 Å². The lowest BCUT2D eigenvalue weighted by molar-refractivity contribution is 0.375. The van der Waals surface area contributed by atoms with E-state index in [1.807, 2.05) is 12.3 Å². The topological polar surface area (TPSA) is 40.7 Å². The molecule has 0 unspecified atom stereocenters. The molecule has 1 heterocycles. The maximum Gasteiger partial charge on any atom is 0.107 e. The van der Waals surface area contributed by atoms with Gasteiger partial charge in [-0.25, -0.2) is 4.98 Å². The fourth-order valence-corrected chi connectivity index (χ4v) is 3.81. The minimum Gasteiger partial charge on any atom is -0.342 e. The van der Waals surface area contributed by atoms with Gasteiger partial charge in [-0.05, 0) is 29.5 Å². The molecule has 2 aromatic carbocycles. The predicted molar refractivity (Wildman–Crippen MR) is 108 cm³/mol. The molecule has 0 amide bonds. The number of nitrogens with zero attached hydrogens (tertiary/aromatic N) is 1. The van der Waals surface area contributed by atoms with Crippen LogP contribution in [0.15, 0.2) is 60.8 Å². The predicted octanol–water partition coefficient (Wildman–Crippen LogP) is 5.21. The Labute approximate surface area is 155 Å². The number of nitrogens with one attached hydrogen (secondary N) is 2. The maximum absolute atomic E-state index is 4.56. The van der Waals surface area contributed by atoms with Gasteiger partial charge in [0.2, 0.25) is 0 Å². The molecule has 0 radical (unpaired) electrons. The monoisotopic (exact) mass is 345 g/mol. The summed E-state index contributed by atoms with van der Waals surface area (Å²) in [4.78, 5) is 8.04.